The lowest BCUT2D eigenvalue weighted by Crippen LogP contribution is -2.30. The molecule has 0 unspecified atom stereocenters. The Morgan fingerprint density at radius 2 is 1.82 bits per heavy atom. The number of amides is 1. The summed E-state index contributed by atoms with van der Waals surface area (Å²) >= 11 is 5.33. The normalized spacial score (nSPS) is 10.4. The third-order valence-electron chi connectivity index (χ3n) is 4.90. The van der Waals surface area contributed by atoms with Crippen LogP contribution in [0.4, 0.5) is 15.8 Å². The molecule has 8 heteroatoms. The van der Waals surface area contributed by atoms with E-state index in [9.17, 15) is 14.4 Å². The van der Waals surface area contributed by atoms with Gasteiger partial charge in [-0.25, -0.2) is 4.39 Å². The summed E-state index contributed by atoms with van der Waals surface area (Å²) in [6, 6.07) is 22.3. The van der Waals surface area contributed by atoms with Gasteiger partial charge in [-0.05, 0) is 54.7 Å². The number of carbonyl (C=O) groups is 1. The number of halogens is 1. The number of furan rings is 1. The first kappa shape index (κ1) is 22.0. The van der Waals surface area contributed by atoms with Gasteiger partial charge in [0.2, 0.25) is 0 Å². The molecule has 3 N–H and O–H groups in total. The van der Waals surface area contributed by atoms with Gasteiger partial charge in [-0.3, -0.25) is 4.79 Å². The van der Waals surface area contributed by atoms with Crippen LogP contribution >= 0.6 is 12.2 Å². The molecule has 4 rings (SSSR count). The Balaban J connectivity index is 1.34. The van der Waals surface area contributed by atoms with Gasteiger partial charge in [0.1, 0.15) is 23.2 Å². The number of thiocarbonyl (C=S) groups is 1. The molecule has 0 spiro atoms. The maximum absolute atomic E-state index is 13.8. The van der Waals surface area contributed by atoms with Gasteiger partial charge in [-0.15, -0.1) is 0 Å². The Morgan fingerprint density at radius 1 is 1.03 bits per heavy atom. The second-order valence-corrected chi connectivity index (χ2v) is 7.60. The third-order valence-corrected chi connectivity index (χ3v) is 5.14. The lowest BCUT2D eigenvalue weighted by Gasteiger charge is -2.12. The Hall–Kier alpha value is -4.22. The van der Waals surface area contributed by atoms with Gasteiger partial charge in [0.05, 0.1) is 16.8 Å². The summed E-state index contributed by atoms with van der Waals surface area (Å²) < 4.78 is 19.6. The maximum atomic E-state index is 13.8. The Bertz CT molecular complexity index is 1340. The van der Waals surface area contributed by atoms with Crippen molar-refractivity contribution in [1.29, 1.82) is 5.26 Å². The monoisotopic (exact) mass is 458 g/mol. The van der Waals surface area contributed by atoms with E-state index in [1.165, 1.54) is 18.2 Å². The molecule has 4 aromatic rings. The van der Waals surface area contributed by atoms with Crippen LogP contribution in [0.5, 0.6) is 0 Å². The first-order chi connectivity index (χ1) is 16.0. The highest BCUT2D eigenvalue weighted by molar-refractivity contribution is 7.80. The van der Waals surface area contributed by atoms with Crippen molar-refractivity contribution < 1.29 is 13.6 Å². The van der Waals surface area contributed by atoms with Crippen molar-refractivity contribution in [2.45, 2.75) is 6.42 Å². The van der Waals surface area contributed by atoms with Gasteiger partial charge in [0, 0.05) is 24.0 Å². The standard InChI is InChI=1S/C25H19FN4O2S/c26-21-7-3-2-6-20(21)24(31)30-22-10-9-18(13-17(22)15-27)29-25(33)28-12-11-19-14-16-5-1-4-8-23(16)32-19/h1-10,13-14H,11-12H2,(H,30,31)(H2,28,29,33). The van der Waals surface area contributed by atoms with E-state index in [-0.39, 0.29) is 16.8 Å². The van der Waals surface area contributed by atoms with Gasteiger partial charge in [0.25, 0.3) is 5.91 Å². The van der Waals surface area contributed by atoms with Gasteiger partial charge in [-0.2, -0.15) is 5.26 Å². The molecule has 1 heterocycles. The fourth-order valence-electron chi connectivity index (χ4n) is 3.29. The smallest absolute Gasteiger partial charge is 0.258 e. The maximum Gasteiger partial charge on any atom is 0.258 e. The molecule has 1 amide bonds. The van der Waals surface area contributed by atoms with Crippen LogP contribution in [0.2, 0.25) is 0 Å². The van der Waals surface area contributed by atoms with E-state index >= 15 is 0 Å². The molecule has 0 bridgehead atoms. The van der Waals surface area contributed by atoms with E-state index in [0.717, 1.165) is 16.7 Å². The van der Waals surface area contributed by atoms with Gasteiger partial charge in [-0.1, -0.05) is 30.3 Å². The second kappa shape index (κ2) is 9.94. The molecular weight excluding hydrogens is 439 g/mol. The number of nitrogens with zero attached hydrogens (tertiary/aromatic N) is 1. The van der Waals surface area contributed by atoms with Crippen molar-refractivity contribution in [1.82, 2.24) is 5.32 Å². The average molecular weight is 459 g/mol. The topological polar surface area (TPSA) is 90.1 Å². The van der Waals surface area contributed by atoms with Crippen LogP contribution in [0.15, 0.2) is 77.2 Å². The Kier molecular flexibility index (Phi) is 6.62. The molecule has 0 aliphatic heterocycles. The third kappa shape index (κ3) is 5.34. The summed E-state index contributed by atoms with van der Waals surface area (Å²) in [7, 11) is 0. The molecule has 33 heavy (non-hydrogen) atoms. The molecule has 0 saturated carbocycles. The van der Waals surface area contributed by atoms with Crippen molar-refractivity contribution in [3.8, 4) is 6.07 Å². The Labute approximate surface area is 195 Å². The molecule has 6 nitrogen and oxygen atoms in total. The van der Waals surface area contributed by atoms with E-state index in [1.54, 1.807) is 24.3 Å². The molecule has 0 atom stereocenters. The molecule has 0 saturated heterocycles. The predicted molar refractivity (Wildman–Crippen MR) is 130 cm³/mol. The summed E-state index contributed by atoms with van der Waals surface area (Å²) in [5, 5.41) is 19.6. The van der Waals surface area contributed by atoms with Gasteiger partial charge < -0.3 is 20.4 Å². The van der Waals surface area contributed by atoms with E-state index in [0.29, 0.717) is 23.8 Å². The summed E-state index contributed by atoms with van der Waals surface area (Å²) in [6.45, 7) is 0.563. The number of hydrogen-bond donors (Lipinski definition) is 3. The number of anilines is 2. The van der Waals surface area contributed by atoms with Crippen LogP contribution in [0.3, 0.4) is 0 Å². The van der Waals surface area contributed by atoms with Crippen molar-refractivity contribution in [2.24, 2.45) is 0 Å². The minimum absolute atomic E-state index is 0.0987. The van der Waals surface area contributed by atoms with E-state index in [1.807, 2.05) is 36.4 Å². The zero-order valence-corrected chi connectivity index (χ0v) is 18.2. The Morgan fingerprint density at radius 3 is 2.61 bits per heavy atom. The average Bonchev–Trinajstić information content (AvgIpc) is 3.23. The van der Waals surface area contributed by atoms with E-state index < -0.39 is 11.7 Å². The number of carbonyl (C=O) groups excluding carboxylic acids is 1. The first-order valence-corrected chi connectivity index (χ1v) is 10.6. The highest BCUT2D eigenvalue weighted by atomic mass is 32.1. The number of fused-ring (bicyclic) bond motifs is 1. The molecule has 0 aliphatic rings. The van der Waals surface area contributed by atoms with E-state index in [4.69, 9.17) is 16.6 Å². The molecule has 164 valence electrons. The largest absolute Gasteiger partial charge is 0.461 e. The van der Waals surface area contributed by atoms with Crippen LogP contribution in [0, 0.1) is 17.1 Å². The number of nitrogens with one attached hydrogen (secondary N) is 3. The lowest BCUT2D eigenvalue weighted by molar-refractivity contribution is 0.102. The number of nitriles is 1. The molecule has 0 fully saturated rings. The highest BCUT2D eigenvalue weighted by Gasteiger charge is 2.13. The van der Waals surface area contributed by atoms with E-state index in [2.05, 4.69) is 16.0 Å². The summed E-state index contributed by atoms with van der Waals surface area (Å²) in [5.74, 6) is -0.410. The molecular formula is C25H19FN4O2S. The number of rotatable bonds is 6. The van der Waals surface area contributed by atoms with Crippen LogP contribution < -0.4 is 16.0 Å². The van der Waals surface area contributed by atoms with Gasteiger partial charge >= 0.3 is 0 Å². The van der Waals surface area contributed by atoms with Crippen molar-refractivity contribution in [3.63, 3.8) is 0 Å². The van der Waals surface area contributed by atoms with Crippen molar-refractivity contribution in [3.05, 3.63) is 95.5 Å². The van der Waals surface area contributed by atoms with Crippen LogP contribution in [-0.2, 0) is 6.42 Å². The second-order valence-electron chi connectivity index (χ2n) is 7.19. The van der Waals surface area contributed by atoms with Crippen LogP contribution in [0.1, 0.15) is 21.7 Å². The molecule has 1 aromatic heterocycles. The van der Waals surface area contributed by atoms with Crippen molar-refractivity contribution in [2.75, 3.05) is 17.2 Å². The number of benzene rings is 3. The minimum Gasteiger partial charge on any atom is -0.461 e. The molecule has 3 aromatic carbocycles. The summed E-state index contributed by atoms with van der Waals surface area (Å²) in [5.41, 5.74) is 1.82. The number of para-hydroxylation sites is 1. The quantitative estimate of drug-likeness (QED) is 0.343. The summed E-state index contributed by atoms with van der Waals surface area (Å²) in [4.78, 5) is 12.3. The lowest BCUT2D eigenvalue weighted by atomic mass is 10.1. The fraction of sp³-hybridized carbons (Fsp3) is 0.0800. The fourth-order valence-corrected chi connectivity index (χ4v) is 3.51. The minimum atomic E-state index is -0.633. The molecule has 0 aliphatic carbocycles. The zero-order chi connectivity index (χ0) is 23.2. The predicted octanol–water partition coefficient (Wildman–Crippen LogP) is 5.22. The SMILES string of the molecule is N#Cc1cc(NC(=S)NCCc2cc3ccccc3o2)ccc1NC(=O)c1ccccc1F. The number of hydrogen-bond acceptors (Lipinski definition) is 4. The molecule has 0 radical (unpaired) electrons. The zero-order valence-electron chi connectivity index (χ0n) is 17.4. The first-order valence-electron chi connectivity index (χ1n) is 10.2. The van der Waals surface area contributed by atoms with Crippen LogP contribution in [0.25, 0.3) is 11.0 Å². The van der Waals surface area contributed by atoms with Gasteiger partial charge in [0.15, 0.2) is 5.11 Å². The highest BCUT2D eigenvalue weighted by Crippen LogP contribution is 2.22. The summed E-state index contributed by atoms with van der Waals surface area (Å²) in [6.07, 6.45) is 0.654. The van der Waals surface area contributed by atoms with Crippen LogP contribution in [-0.4, -0.2) is 17.6 Å². The van der Waals surface area contributed by atoms with Crippen molar-refractivity contribution >= 4 is 45.6 Å².